The van der Waals surface area contributed by atoms with E-state index in [1.165, 1.54) is 11.3 Å². The topological polar surface area (TPSA) is 74.3 Å². The van der Waals surface area contributed by atoms with Crippen LogP contribution in [-0.4, -0.2) is 29.9 Å². The highest BCUT2D eigenvalue weighted by Crippen LogP contribution is 2.24. The second-order valence-corrected chi connectivity index (χ2v) is 8.06. The van der Waals surface area contributed by atoms with E-state index >= 15 is 0 Å². The van der Waals surface area contributed by atoms with Crippen molar-refractivity contribution in [1.82, 2.24) is 4.98 Å². The summed E-state index contributed by atoms with van der Waals surface area (Å²) >= 11 is 1.24. The number of nitrogens with zero attached hydrogens (tertiary/aromatic N) is 2. The highest BCUT2D eigenvalue weighted by molar-refractivity contribution is 7.14. The van der Waals surface area contributed by atoms with Crippen LogP contribution in [0.1, 0.15) is 41.9 Å². The van der Waals surface area contributed by atoms with Gasteiger partial charge in [-0.3, -0.25) is 9.59 Å². The minimum Gasteiger partial charge on any atom is -0.372 e. The van der Waals surface area contributed by atoms with Gasteiger partial charge in [-0.05, 0) is 56.5 Å². The van der Waals surface area contributed by atoms with E-state index in [2.05, 4.69) is 40.4 Å². The molecule has 1 heterocycles. The second kappa shape index (κ2) is 10.7. The third kappa shape index (κ3) is 6.15. The number of anilines is 3. The molecule has 0 aliphatic rings. The van der Waals surface area contributed by atoms with Crippen LogP contribution >= 0.6 is 11.3 Å². The molecule has 162 valence electrons. The maximum atomic E-state index is 12.6. The third-order valence-corrected chi connectivity index (χ3v) is 5.81. The number of hydrogen-bond donors (Lipinski definition) is 2. The molecule has 0 saturated heterocycles. The highest BCUT2D eigenvalue weighted by Gasteiger charge is 2.14. The summed E-state index contributed by atoms with van der Waals surface area (Å²) in [4.78, 5) is 31.3. The Morgan fingerprint density at radius 3 is 2.45 bits per heavy atom. The predicted octanol–water partition coefficient (Wildman–Crippen LogP) is 5.12. The molecule has 0 radical (unpaired) electrons. The molecule has 0 aliphatic carbocycles. The van der Waals surface area contributed by atoms with Gasteiger partial charge in [-0.1, -0.05) is 30.3 Å². The first kappa shape index (κ1) is 22.5. The molecule has 0 fully saturated rings. The summed E-state index contributed by atoms with van der Waals surface area (Å²) < 4.78 is 0. The molecule has 2 N–H and O–H groups in total. The van der Waals surface area contributed by atoms with Crippen molar-refractivity contribution in [3.63, 3.8) is 0 Å². The number of carbonyl (C=O) groups excluding carboxylic acids is 2. The third-order valence-electron chi connectivity index (χ3n) is 5.05. The maximum absolute atomic E-state index is 12.6. The Balaban J connectivity index is 1.57. The van der Waals surface area contributed by atoms with Gasteiger partial charge in [-0.15, -0.1) is 11.3 Å². The predicted molar refractivity (Wildman–Crippen MR) is 128 cm³/mol. The van der Waals surface area contributed by atoms with Crippen molar-refractivity contribution in [2.75, 3.05) is 28.6 Å². The minimum absolute atomic E-state index is 0.118. The lowest BCUT2D eigenvalue weighted by molar-refractivity contribution is -0.116. The Hall–Kier alpha value is -3.19. The van der Waals surface area contributed by atoms with Crippen LogP contribution < -0.4 is 15.5 Å². The van der Waals surface area contributed by atoms with Crippen LogP contribution in [0, 0.1) is 6.92 Å². The van der Waals surface area contributed by atoms with Crippen LogP contribution in [0.3, 0.4) is 0 Å². The van der Waals surface area contributed by atoms with E-state index in [-0.39, 0.29) is 17.5 Å². The number of hydrogen-bond acceptors (Lipinski definition) is 5. The number of amides is 2. The molecule has 0 saturated carbocycles. The molecule has 7 heteroatoms. The summed E-state index contributed by atoms with van der Waals surface area (Å²) in [6, 6.07) is 15.9. The first-order valence-electron chi connectivity index (χ1n) is 10.5. The fourth-order valence-corrected chi connectivity index (χ4v) is 3.99. The summed E-state index contributed by atoms with van der Waals surface area (Å²) in [6.07, 6.45) is 1.03. The van der Waals surface area contributed by atoms with Crippen molar-refractivity contribution >= 4 is 39.7 Å². The van der Waals surface area contributed by atoms with Crippen molar-refractivity contribution in [3.05, 3.63) is 70.7 Å². The molecule has 2 amide bonds. The van der Waals surface area contributed by atoms with Gasteiger partial charge in [0, 0.05) is 36.3 Å². The molecule has 0 bridgehead atoms. The largest absolute Gasteiger partial charge is 0.372 e. The zero-order valence-electron chi connectivity index (χ0n) is 18.1. The van der Waals surface area contributed by atoms with Gasteiger partial charge < -0.3 is 15.5 Å². The minimum atomic E-state index is -0.292. The van der Waals surface area contributed by atoms with E-state index < -0.39 is 0 Å². The van der Waals surface area contributed by atoms with Crippen molar-refractivity contribution in [3.8, 4) is 0 Å². The lowest BCUT2D eigenvalue weighted by Gasteiger charge is -2.22. The Kier molecular flexibility index (Phi) is 7.78. The summed E-state index contributed by atoms with van der Waals surface area (Å²) in [5, 5.41) is 7.78. The van der Waals surface area contributed by atoms with Crippen molar-refractivity contribution in [1.29, 1.82) is 0 Å². The number of aryl methyl sites for hydroxylation is 2. The van der Waals surface area contributed by atoms with E-state index in [1.54, 1.807) is 5.38 Å². The normalized spacial score (nSPS) is 10.5. The number of thiazole rings is 1. The zero-order chi connectivity index (χ0) is 22.2. The number of aromatic nitrogens is 1. The van der Waals surface area contributed by atoms with Crippen molar-refractivity contribution < 1.29 is 9.59 Å². The van der Waals surface area contributed by atoms with Crippen LogP contribution in [-0.2, 0) is 11.2 Å². The zero-order valence-corrected chi connectivity index (χ0v) is 19.0. The van der Waals surface area contributed by atoms with Gasteiger partial charge in [0.05, 0.1) is 0 Å². The van der Waals surface area contributed by atoms with E-state index in [0.29, 0.717) is 18.0 Å². The smallest absolute Gasteiger partial charge is 0.275 e. The first-order valence-corrected chi connectivity index (χ1v) is 11.3. The number of carbonyl (C=O) groups is 2. The molecule has 0 aliphatic heterocycles. The summed E-state index contributed by atoms with van der Waals surface area (Å²) in [5.41, 5.74) is 4.27. The van der Waals surface area contributed by atoms with Crippen LogP contribution in [0.25, 0.3) is 0 Å². The highest BCUT2D eigenvalue weighted by atomic mass is 32.1. The van der Waals surface area contributed by atoms with Gasteiger partial charge in [-0.25, -0.2) is 4.98 Å². The number of rotatable bonds is 9. The van der Waals surface area contributed by atoms with Gasteiger partial charge in [0.2, 0.25) is 5.91 Å². The fraction of sp³-hybridized carbons (Fsp3) is 0.292. The molecule has 0 spiro atoms. The van der Waals surface area contributed by atoms with Gasteiger partial charge in [0.15, 0.2) is 5.13 Å². The Morgan fingerprint density at radius 2 is 1.77 bits per heavy atom. The quantitative estimate of drug-likeness (QED) is 0.488. The fourth-order valence-electron chi connectivity index (χ4n) is 3.28. The molecular weight excluding hydrogens is 408 g/mol. The van der Waals surface area contributed by atoms with Crippen LogP contribution in [0.5, 0.6) is 0 Å². The first-order chi connectivity index (χ1) is 15.0. The van der Waals surface area contributed by atoms with Gasteiger partial charge in [-0.2, -0.15) is 0 Å². The molecule has 0 unspecified atom stereocenters. The molecule has 1 aromatic heterocycles. The molecule has 31 heavy (non-hydrogen) atoms. The van der Waals surface area contributed by atoms with Crippen molar-refractivity contribution in [2.24, 2.45) is 0 Å². The maximum Gasteiger partial charge on any atom is 0.275 e. The molecule has 0 atom stereocenters. The SMILES string of the molecule is CCN(CC)c1ccc(NC(=O)c2csc(NC(=O)CCc3ccccc3)n2)c(C)c1. The van der Waals surface area contributed by atoms with E-state index in [0.717, 1.165) is 35.6 Å². The van der Waals surface area contributed by atoms with E-state index in [4.69, 9.17) is 0 Å². The Labute approximate surface area is 187 Å². The number of benzene rings is 2. The average Bonchev–Trinajstić information content (AvgIpc) is 3.24. The molecular formula is C24H28N4O2S. The van der Waals surface area contributed by atoms with Gasteiger partial charge in [0.25, 0.3) is 5.91 Å². The lowest BCUT2D eigenvalue weighted by Crippen LogP contribution is -2.22. The Morgan fingerprint density at radius 1 is 1.03 bits per heavy atom. The summed E-state index contributed by atoms with van der Waals surface area (Å²) in [5.74, 6) is -0.410. The summed E-state index contributed by atoms with van der Waals surface area (Å²) in [6.45, 7) is 8.08. The standard InChI is InChI=1S/C24H28N4O2S/c1-4-28(5-2)19-12-13-20(17(3)15-19)25-23(30)21-16-31-24(26-21)27-22(29)14-11-18-9-7-6-8-10-18/h6-10,12-13,15-16H,4-5,11,14H2,1-3H3,(H,25,30)(H,26,27,29). The molecule has 6 nitrogen and oxygen atoms in total. The summed E-state index contributed by atoms with van der Waals surface area (Å²) in [7, 11) is 0. The van der Waals surface area contributed by atoms with E-state index in [9.17, 15) is 9.59 Å². The molecule has 2 aromatic carbocycles. The number of nitrogens with one attached hydrogen (secondary N) is 2. The van der Waals surface area contributed by atoms with Crippen LogP contribution in [0.15, 0.2) is 53.9 Å². The average molecular weight is 437 g/mol. The van der Waals surface area contributed by atoms with Crippen LogP contribution in [0.4, 0.5) is 16.5 Å². The molecule has 3 aromatic rings. The Bertz CT molecular complexity index is 1030. The molecule has 3 rings (SSSR count). The van der Waals surface area contributed by atoms with Gasteiger partial charge >= 0.3 is 0 Å². The van der Waals surface area contributed by atoms with Gasteiger partial charge in [0.1, 0.15) is 5.69 Å². The van der Waals surface area contributed by atoms with Crippen LogP contribution in [0.2, 0.25) is 0 Å². The van der Waals surface area contributed by atoms with Crippen molar-refractivity contribution in [2.45, 2.75) is 33.6 Å². The lowest BCUT2D eigenvalue weighted by atomic mass is 10.1. The monoisotopic (exact) mass is 436 g/mol. The van der Waals surface area contributed by atoms with E-state index in [1.807, 2.05) is 49.4 Å². The second-order valence-electron chi connectivity index (χ2n) is 7.20.